The molecule has 6 nitrogen and oxygen atoms in total. The van der Waals surface area contributed by atoms with Gasteiger partial charge < -0.3 is 0 Å². The Balaban J connectivity index is 1.63. The van der Waals surface area contributed by atoms with Gasteiger partial charge in [-0.3, -0.25) is 9.58 Å². The van der Waals surface area contributed by atoms with Crippen LogP contribution >= 0.6 is 11.6 Å². The predicted octanol–water partition coefficient (Wildman–Crippen LogP) is 1.58. The van der Waals surface area contributed by atoms with E-state index in [0.29, 0.717) is 26.2 Å². The van der Waals surface area contributed by atoms with Gasteiger partial charge in [0.2, 0.25) is 10.0 Å². The van der Waals surface area contributed by atoms with Gasteiger partial charge in [-0.25, -0.2) is 8.42 Å². The molecule has 0 N–H and O–H groups in total. The Hall–Kier alpha value is -1.41. The van der Waals surface area contributed by atoms with Gasteiger partial charge in [0, 0.05) is 51.0 Å². The van der Waals surface area contributed by atoms with Crippen LogP contribution < -0.4 is 0 Å². The van der Waals surface area contributed by atoms with Crippen LogP contribution in [0.2, 0.25) is 5.02 Å². The van der Waals surface area contributed by atoms with E-state index >= 15 is 0 Å². The lowest BCUT2D eigenvalue weighted by Crippen LogP contribution is -2.48. The van der Waals surface area contributed by atoms with Gasteiger partial charge in [-0.2, -0.15) is 9.40 Å². The Morgan fingerprint density at radius 2 is 1.87 bits per heavy atom. The van der Waals surface area contributed by atoms with Crippen LogP contribution in [0.3, 0.4) is 0 Å². The lowest BCUT2D eigenvalue weighted by Gasteiger charge is -2.33. The fourth-order valence-electron chi connectivity index (χ4n) is 2.68. The molecule has 8 heteroatoms. The first-order valence-corrected chi connectivity index (χ1v) is 9.23. The minimum atomic E-state index is -3.45. The normalized spacial score (nSPS) is 17.5. The Bertz CT molecular complexity index is 782. The van der Waals surface area contributed by atoms with Gasteiger partial charge in [-0.15, -0.1) is 0 Å². The van der Waals surface area contributed by atoms with E-state index in [0.717, 1.165) is 17.1 Å². The summed E-state index contributed by atoms with van der Waals surface area (Å²) in [6.07, 6.45) is 2.93. The van der Waals surface area contributed by atoms with Gasteiger partial charge >= 0.3 is 0 Å². The van der Waals surface area contributed by atoms with Gasteiger partial charge in [-0.05, 0) is 11.6 Å². The molecular formula is C15H19ClN4O2S. The van der Waals surface area contributed by atoms with Crippen LogP contribution in [0.5, 0.6) is 0 Å². The number of piperazine rings is 1. The highest BCUT2D eigenvalue weighted by atomic mass is 35.5. The van der Waals surface area contributed by atoms with Gasteiger partial charge in [0.15, 0.2) is 0 Å². The number of sulfonamides is 1. The standard InChI is InChI=1S/C15H19ClN4O2S/c1-18-12-14(10-17-18)23(21,22)20-8-6-19(7-9-20)11-13-4-2-3-5-15(13)16/h2-5,10,12H,6-9,11H2,1H3. The summed E-state index contributed by atoms with van der Waals surface area (Å²) in [5, 5.41) is 4.69. The van der Waals surface area contributed by atoms with Gasteiger partial charge in [0.25, 0.3) is 0 Å². The minimum Gasteiger partial charge on any atom is -0.296 e. The van der Waals surface area contributed by atoms with Crippen molar-refractivity contribution in [3.63, 3.8) is 0 Å². The van der Waals surface area contributed by atoms with E-state index in [1.54, 1.807) is 7.05 Å². The van der Waals surface area contributed by atoms with E-state index < -0.39 is 10.0 Å². The van der Waals surface area contributed by atoms with Crippen LogP contribution in [0, 0.1) is 0 Å². The van der Waals surface area contributed by atoms with E-state index in [2.05, 4.69) is 10.00 Å². The fourth-order valence-corrected chi connectivity index (χ4v) is 4.28. The maximum atomic E-state index is 12.6. The van der Waals surface area contributed by atoms with Crippen LogP contribution in [0.1, 0.15) is 5.56 Å². The molecule has 3 rings (SSSR count). The van der Waals surface area contributed by atoms with Crippen molar-refractivity contribution < 1.29 is 8.42 Å². The third-order valence-corrected chi connectivity index (χ3v) is 6.22. The van der Waals surface area contributed by atoms with Crippen molar-refractivity contribution in [2.24, 2.45) is 7.05 Å². The third-order valence-electron chi connectivity index (χ3n) is 4.00. The second-order valence-electron chi connectivity index (χ2n) is 5.62. The van der Waals surface area contributed by atoms with Crippen molar-refractivity contribution in [3.05, 3.63) is 47.2 Å². The second-order valence-corrected chi connectivity index (χ2v) is 7.97. The van der Waals surface area contributed by atoms with Crippen LogP contribution in [0.25, 0.3) is 0 Å². The van der Waals surface area contributed by atoms with Crippen molar-refractivity contribution in [1.82, 2.24) is 19.0 Å². The van der Waals surface area contributed by atoms with E-state index in [1.165, 1.54) is 21.4 Å². The molecule has 0 bridgehead atoms. The van der Waals surface area contributed by atoms with Crippen molar-refractivity contribution in [2.45, 2.75) is 11.4 Å². The molecule has 23 heavy (non-hydrogen) atoms. The SMILES string of the molecule is Cn1cc(S(=O)(=O)N2CCN(Cc3ccccc3Cl)CC2)cn1. The molecule has 1 fully saturated rings. The van der Waals surface area contributed by atoms with Gasteiger partial charge in [0.1, 0.15) is 4.90 Å². The summed E-state index contributed by atoms with van der Waals surface area (Å²) in [6, 6.07) is 7.75. The zero-order chi connectivity index (χ0) is 16.4. The first-order valence-electron chi connectivity index (χ1n) is 7.41. The minimum absolute atomic E-state index is 0.250. The molecule has 0 amide bonds. The molecule has 2 heterocycles. The average Bonchev–Trinajstić information content (AvgIpc) is 2.98. The second kappa shape index (κ2) is 6.60. The molecule has 1 saturated heterocycles. The van der Waals surface area contributed by atoms with E-state index in [-0.39, 0.29) is 4.90 Å². The van der Waals surface area contributed by atoms with Crippen molar-refractivity contribution >= 4 is 21.6 Å². The largest absolute Gasteiger partial charge is 0.296 e. The quantitative estimate of drug-likeness (QED) is 0.836. The summed E-state index contributed by atoms with van der Waals surface area (Å²) in [7, 11) is -1.74. The van der Waals surface area contributed by atoms with Crippen molar-refractivity contribution in [3.8, 4) is 0 Å². The molecule has 0 unspecified atom stereocenters. The van der Waals surface area contributed by atoms with E-state index in [9.17, 15) is 8.42 Å². The smallest absolute Gasteiger partial charge is 0.246 e. The lowest BCUT2D eigenvalue weighted by atomic mass is 10.2. The number of aryl methyl sites for hydroxylation is 1. The number of halogens is 1. The maximum absolute atomic E-state index is 12.6. The Labute approximate surface area is 141 Å². The Morgan fingerprint density at radius 3 is 2.48 bits per heavy atom. The van der Waals surface area contributed by atoms with Crippen LogP contribution in [-0.2, 0) is 23.6 Å². The van der Waals surface area contributed by atoms with E-state index in [1.807, 2.05) is 24.3 Å². The molecule has 0 radical (unpaired) electrons. The maximum Gasteiger partial charge on any atom is 0.246 e. The number of aromatic nitrogens is 2. The van der Waals surface area contributed by atoms with Gasteiger partial charge in [0.05, 0.1) is 6.20 Å². The first-order chi connectivity index (χ1) is 11.0. The fraction of sp³-hybridized carbons (Fsp3) is 0.400. The summed E-state index contributed by atoms with van der Waals surface area (Å²) >= 11 is 6.18. The molecule has 2 aromatic rings. The lowest BCUT2D eigenvalue weighted by molar-refractivity contribution is 0.181. The number of nitrogens with zero attached hydrogens (tertiary/aromatic N) is 4. The van der Waals surface area contributed by atoms with Crippen molar-refractivity contribution in [1.29, 1.82) is 0 Å². The molecule has 1 aromatic heterocycles. The molecule has 1 aliphatic heterocycles. The van der Waals surface area contributed by atoms with Gasteiger partial charge in [-0.1, -0.05) is 29.8 Å². The van der Waals surface area contributed by atoms with Crippen LogP contribution in [-0.4, -0.2) is 53.6 Å². The zero-order valence-electron chi connectivity index (χ0n) is 12.9. The summed E-state index contributed by atoms with van der Waals surface area (Å²) < 4.78 is 28.1. The third kappa shape index (κ3) is 3.58. The zero-order valence-corrected chi connectivity index (χ0v) is 14.5. The monoisotopic (exact) mass is 354 g/mol. The van der Waals surface area contributed by atoms with E-state index in [4.69, 9.17) is 11.6 Å². The van der Waals surface area contributed by atoms with Crippen LogP contribution in [0.15, 0.2) is 41.6 Å². The molecule has 124 valence electrons. The molecule has 0 saturated carbocycles. The summed E-state index contributed by atoms with van der Waals surface area (Å²) in [6.45, 7) is 3.05. The summed E-state index contributed by atoms with van der Waals surface area (Å²) in [5.41, 5.74) is 1.07. The highest BCUT2D eigenvalue weighted by Gasteiger charge is 2.29. The Morgan fingerprint density at radius 1 is 1.17 bits per heavy atom. The topological polar surface area (TPSA) is 58.4 Å². The Kier molecular flexibility index (Phi) is 4.72. The molecular weight excluding hydrogens is 336 g/mol. The highest BCUT2D eigenvalue weighted by molar-refractivity contribution is 7.89. The summed E-state index contributed by atoms with van der Waals surface area (Å²) in [4.78, 5) is 2.47. The summed E-state index contributed by atoms with van der Waals surface area (Å²) in [5.74, 6) is 0. The predicted molar refractivity (Wildman–Crippen MR) is 88.7 cm³/mol. The molecule has 0 atom stereocenters. The average molecular weight is 355 g/mol. The molecule has 1 aliphatic rings. The molecule has 0 spiro atoms. The first kappa shape index (κ1) is 16.4. The number of hydrogen-bond donors (Lipinski definition) is 0. The number of hydrogen-bond acceptors (Lipinski definition) is 4. The number of rotatable bonds is 4. The van der Waals surface area contributed by atoms with Crippen LogP contribution in [0.4, 0.5) is 0 Å². The number of benzene rings is 1. The highest BCUT2D eigenvalue weighted by Crippen LogP contribution is 2.20. The molecule has 1 aromatic carbocycles. The molecule has 0 aliphatic carbocycles. The van der Waals surface area contributed by atoms with Crippen molar-refractivity contribution in [2.75, 3.05) is 26.2 Å².